The van der Waals surface area contributed by atoms with E-state index in [9.17, 15) is 13.2 Å². The molecule has 1 aliphatic carbocycles. The first-order valence-electron chi connectivity index (χ1n) is 10.8. The monoisotopic (exact) mass is 465 g/mol. The Labute approximate surface area is 188 Å². The first kappa shape index (κ1) is 22.1. The average Bonchev–Trinajstić information content (AvgIpc) is 3.38. The number of halogens is 1. The molecule has 31 heavy (non-hydrogen) atoms. The zero-order valence-corrected chi connectivity index (χ0v) is 19.5. The largest absolute Gasteiger partial charge is 0.467 e. The first-order valence-corrected chi connectivity index (χ1v) is 12.7. The van der Waals surface area contributed by atoms with Crippen LogP contribution in [0.5, 0.6) is 0 Å². The summed E-state index contributed by atoms with van der Waals surface area (Å²) in [7, 11) is -2.59. The second-order valence-corrected chi connectivity index (χ2v) is 10.5. The van der Waals surface area contributed by atoms with Crippen molar-refractivity contribution >= 4 is 33.2 Å². The molecule has 168 valence electrons. The molecule has 0 amide bonds. The molecule has 1 aromatic heterocycles. The number of sulfone groups is 1. The smallest absolute Gasteiger partial charge is 0.328 e. The van der Waals surface area contributed by atoms with Gasteiger partial charge in [0.05, 0.1) is 28.8 Å². The number of nitrogens with zero attached hydrogens (tertiary/aromatic N) is 3. The van der Waals surface area contributed by atoms with Crippen LogP contribution in [0.15, 0.2) is 34.1 Å². The number of aryl methyl sites for hydroxylation is 1. The Morgan fingerprint density at radius 1 is 1.13 bits per heavy atom. The minimum Gasteiger partial charge on any atom is -0.467 e. The van der Waals surface area contributed by atoms with Gasteiger partial charge in [0.2, 0.25) is 9.84 Å². The maximum absolute atomic E-state index is 13.8. The third kappa shape index (κ3) is 3.96. The minimum atomic E-state index is -3.95. The highest BCUT2D eigenvalue weighted by Crippen LogP contribution is 2.42. The van der Waals surface area contributed by atoms with E-state index >= 15 is 0 Å². The second kappa shape index (κ2) is 8.82. The SMILES string of the molecule is COC(=O)C1CCCN1c1c(S(=O)(=O)c2ccccc2Cl)c(C)nn1C1CCCCC1. The molecule has 0 spiro atoms. The number of anilines is 1. The van der Waals surface area contributed by atoms with Crippen molar-refractivity contribution in [2.24, 2.45) is 0 Å². The highest BCUT2D eigenvalue weighted by molar-refractivity contribution is 7.91. The lowest BCUT2D eigenvalue weighted by Gasteiger charge is -2.30. The van der Waals surface area contributed by atoms with E-state index in [0.29, 0.717) is 24.5 Å². The summed E-state index contributed by atoms with van der Waals surface area (Å²) in [5.74, 6) is 0.143. The lowest BCUT2D eigenvalue weighted by molar-refractivity contribution is -0.141. The van der Waals surface area contributed by atoms with Gasteiger partial charge in [0.15, 0.2) is 0 Å². The summed E-state index contributed by atoms with van der Waals surface area (Å²) in [5, 5.41) is 4.89. The van der Waals surface area contributed by atoms with Gasteiger partial charge in [-0.1, -0.05) is 43.0 Å². The molecular weight excluding hydrogens is 438 g/mol. The number of carbonyl (C=O) groups excluding carboxylic acids is 1. The van der Waals surface area contributed by atoms with Gasteiger partial charge in [-0.15, -0.1) is 0 Å². The van der Waals surface area contributed by atoms with Crippen LogP contribution in [-0.4, -0.2) is 43.9 Å². The van der Waals surface area contributed by atoms with Crippen molar-refractivity contribution < 1.29 is 17.9 Å². The highest BCUT2D eigenvalue weighted by atomic mass is 35.5. The summed E-state index contributed by atoms with van der Waals surface area (Å²) in [6.45, 7) is 2.29. The molecule has 1 aliphatic heterocycles. The number of benzene rings is 1. The van der Waals surface area contributed by atoms with Crippen molar-refractivity contribution in [2.75, 3.05) is 18.6 Å². The van der Waals surface area contributed by atoms with Gasteiger partial charge in [-0.2, -0.15) is 5.10 Å². The quantitative estimate of drug-likeness (QED) is 0.611. The van der Waals surface area contributed by atoms with Gasteiger partial charge in [0.1, 0.15) is 16.8 Å². The lowest BCUT2D eigenvalue weighted by Crippen LogP contribution is -2.39. The Morgan fingerprint density at radius 2 is 1.84 bits per heavy atom. The van der Waals surface area contributed by atoms with E-state index < -0.39 is 15.9 Å². The lowest BCUT2D eigenvalue weighted by atomic mass is 9.96. The molecule has 0 bridgehead atoms. The number of carbonyl (C=O) groups is 1. The maximum atomic E-state index is 13.8. The molecule has 0 radical (unpaired) electrons. The van der Waals surface area contributed by atoms with Crippen molar-refractivity contribution in [3.63, 3.8) is 0 Å². The van der Waals surface area contributed by atoms with E-state index in [-0.39, 0.29) is 26.8 Å². The fourth-order valence-corrected chi connectivity index (χ4v) is 6.97. The summed E-state index contributed by atoms with van der Waals surface area (Å²) in [6, 6.07) is 6.03. The molecule has 1 aromatic carbocycles. The van der Waals surface area contributed by atoms with Gasteiger partial charge in [-0.25, -0.2) is 17.9 Å². The molecule has 4 rings (SSSR count). The fraction of sp³-hybridized carbons (Fsp3) is 0.545. The van der Waals surface area contributed by atoms with Crippen LogP contribution in [0.25, 0.3) is 0 Å². The molecule has 2 aromatic rings. The van der Waals surface area contributed by atoms with Crippen LogP contribution in [-0.2, 0) is 19.4 Å². The van der Waals surface area contributed by atoms with E-state index in [1.807, 2.05) is 9.58 Å². The number of hydrogen-bond donors (Lipinski definition) is 0. The van der Waals surface area contributed by atoms with Crippen LogP contribution in [0.2, 0.25) is 5.02 Å². The predicted octanol–water partition coefficient (Wildman–Crippen LogP) is 4.32. The van der Waals surface area contributed by atoms with Crippen molar-refractivity contribution in [2.45, 2.75) is 73.7 Å². The minimum absolute atomic E-state index is 0.0537. The van der Waals surface area contributed by atoms with Crippen LogP contribution >= 0.6 is 11.6 Å². The van der Waals surface area contributed by atoms with Gasteiger partial charge in [0, 0.05) is 6.54 Å². The Bertz CT molecular complexity index is 1080. The van der Waals surface area contributed by atoms with Crippen molar-refractivity contribution in [3.8, 4) is 0 Å². The van der Waals surface area contributed by atoms with Crippen molar-refractivity contribution in [1.29, 1.82) is 0 Å². The third-order valence-electron chi connectivity index (χ3n) is 6.32. The Balaban J connectivity index is 1.92. The summed E-state index contributed by atoms with van der Waals surface area (Å²) < 4.78 is 34.5. The van der Waals surface area contributed by atoms with Gasteiger partial charge in [0.25, 0.3) is 0 Å². The third-order valence-corrected chi connectivity index (χ3v) is 8.71. The maximum Gasteiger partial charge on any atom is 0.328 e. The molecule has 1 saturated heterocycles. The predicted molar refractivity (Wildman–Crippen MR) is 118 cm³/mol. The van der Waals surface area contributed by atoms with E-state index in [4.69, 9.17) is 21.4 Å². The number of methoxy groups -OCH3 is 1. The average molecular weight is 466 g/mol. The fourth-order valence-electron chi connectivity index (χ4n) is 4.85. The number of aromatic nitrogens is 2. The summed E-state index contributed by atoms with van der Waals surface area (Å²) in [6.07, 6.45) is 6.61. The topological polar surface area (TPSA) is 81.5 Å². The molecule has 2 heterocycles. The first-order chi connectivity index (χ1) is 14.9. The number of ether oxygens (including phenoxy) is 1. The standard InChI is InChI=1S/C22H28ClN3O4S/c1-15-20(31(28,29)19-13-7-6-11-17(19)23)21(25-14-8-12-18(25)22(27)30-2)26(24-15)16-9-4-3-5-10-16/h6-7,11,13,16,18H,3-5,8-10,12,14H2,1-2H3. The Kier molecular flexibility index (Phi) is 6.30. The van der Waals surface area contributed by atoms with Crippen LogP contribution in [0.4, 0.5) is 5.82 Å². The van der Waals surface area contributed by atoms with Crippen LogP contribution < -0.4 is 4.90 Å². The molecule has 1 atom stereocenters. The summed E-state index contributed by atoms with van der Waals surface area (Å²) >= 11 is 6.29. The van der Waals surface area contributed by atoms with Crippen molar-refractivity contribution in [3.05, 3.63) is 35.0 Å². The zero-order valence-electron chi connectivity index (χ0n) is 17.9. The van der Waals surface area contributed by atoms with Gasteiger partial charge < -0.3 is 9.64 Å². The van der Waals surface area contributed by atoms with E-state index in [2.05, 4.69) is 0 Å². The number of hydrogen-bond acceptors (Lipinski definition) is 6. The zero-order chi connectivity index (χ0) is 22.2. The Morgan fingerprint density at radius 3 is 2.52 bits per heavy atom. The molecule has 9 heteroatoms. The van der Waals surface area contributed by atoms with Crippen LogP contribution in [0, 0.1) is 6.92 Å². The van der Waals surface area contributed by atoms with Crippen LogP contribution in [0.1, 0.15) is 56.7 Å². The summed E-state index contributed by atoms with van der Waals surface area (Å²) in [4.78, 5) is 14.6. The highest BCUT2D eigenvalue weighted by Gasteiger charge is 2.41. The summed E-state index contributed by atoms with van der Waals surface area (Å²) in [5.41, 5.74) is 0.427. The van der Waals surface area contributed by atoms with E-state index in [1.54, 1.807) is 25.1 Å². The number of esters is 1. The molecular formula is C22H28ClN3O4S. The van der Waals surface area contributed by atoms with E-state index in [0.717, 1.165) is 32.1 Å². The van der Waals surface area contributed by atoms with Gasteiger partial charge in [-0.3, -0.25) is 0 Å². The molecule has 1 unspecified atom stereocenters. The van der Waals surface area contributed by atoms with Gasteiger partial charge >= 0.3 is 5.97 Å². The van der Waals surface area contributed by atoms with Crippen molar-refractivity contribution in [1.82, 2.24) is 9.78 Å². The second-order valence-electron chi connectivity index (χ2n) is 8.28. The molecule has 2 aliphatic rings. The molecule has 0 N–H and O–H groups in total. The van der Waals surface area contributed by atoms with Gasteiger partial charge in [-0.05, 0) is 44.7 Å². The molecule has 1 saturated carbocycles. The molecule has 7 nitrogen and oxygen atoms in total. The van der Waals surface area contributed by atoms with E-state index in [1.165, 1.54) is 19.6 Å². The molecule has 2 fully saturated rings. The Hall–Kier alpha value is -2.06. The normalized spacial score (nSPS) is 20.2. The van der Waals surface area contributed by atoms with Crippen LogP contribution in [0.3, 0.4) is 0 Å². The number of rotatable bonds is 5.